The quantitative estimate of drug-likeness (QED) is 0.866. The molecule has 0 spiro atoms. The summed E-state index contributed by atoms with van der Waals surface area (Å²) in [6.45, 7) is 2.03. The molecule has 0 aliphatic rings. The number of nitrogens with zero attached hydrogens (tertiary/aromatic N) is 1. The van der Waals surface area contributed by atoms with E-state index in [1.54, 1.807) is 4.90 Å². The van der Waals surface area contributed by atoms with E-state index in [1.807, 2.05) is 62.5 Å². The van der Waals surface area contributed by atoms with Crippen molar-refractivity contribution < 1.29 is 4.79 Å². The molecule has 0 atom stereocenters. The van der Waals surface area contributed by atoms with Gasteiger partial charge < -0.3 is 10.6 Å². The normalized spacial score (nSPS) is 10.3. The molecule has 3 heteroatoms. The highest BCUT2D eigenvalue weighted by Crippen LogP contribution is 2.15. The molecule has 2 aromatic carbocycles. The summed E-state index contributed by atoms with van der Waals surface area (Å²) in [5, 5.41) is 0. The van der Waals surface area contributed by atoms with E-state index >= 15 is 0 Å². The van der Waals surface area contributed by atoms with Gasteiger partial charge >= 0.3 is 0 Å². The number of carbonyl (C=O) groups excluding carboxylic acids is 1. The molecule has 0 bridgehead atoms. The van der Waals surface area contributed by atoms with Gasteiger partial charge in [0.15, 0.2) is 0 Å². The molecule has 1 amide bonds. The van der Waals surface area contributed by atoms with Gasteiger partial charge in [-0.1, -0.05) is 29.8 Å². The Labute approximate surface area is 120 Å². The molecular formula is C17H20N2O. The maximum atomic E-state index is 12.2. The first-order valence-electron chi connectivity index (χ1n) is 6.74. The first-order valence-corrected chi connectivity index (χ1v) is 6.74. The second-order valence-corrected chi connectivity index (χ2v) is 5.03. The van der Waals surface area contributed by atoms with Gasteiger partial charge in [0, 0.05) is 24.8 Å². The fourth-order valence-electron chi connectivity index (χ4n) is 2.02. The molecule has 0 aromatic heterocycles. The van der Waals surface area contributed by atoms with Gasteiger partial charge in [-0.05, 0) is 43.2 Å². The lowest BCUT2D eigenvalue weighted by Gasteiger charge is -2.17. The average molecular weight is 268 g/mol. The highest BCUT2D eigenvalue weighted by Gasteiger charge is 2.10. The number of benzene rings is 2. The Hall–Kier alpha value is -2.29. The monoisotopic (exact) mass is 268 g/mol. The molecule has 0 fully saturated rings. The standard InChI is InChI=1S/C17H20N2O/c1-13-3-10-16(11-4-13)19(2)17(20)12-7-14-5-8-15(18)9-6-14/h3-6,8-11H,7,12,18H2,1-2H3. The SMILES string of the molecule is Cc1ccc(N(C)C(=O)CCc2ccc(N)cc2)cc1. The fourth-order valence-corrected chi connectivity index (χ4v) is 2.02. The Morgan fingerprint density at radius 2 is 1.65 bits per heavy atom. The molecule has 2 rings (SSSR count). The number of rotatable bonds is 4. The molecule has 0 unspecified atom stereocenters. The van der Waals surface area contributed by atoms with Gasteiger partial charge in [0.2, 0.25) is 5.91 Å². The third-order valence-corrected chi connectivity index (χ3v) is 3.40. The maximum absolute atomic E-state index is 12.2. The van der Waals surface area contributed by atoms with Crippen LogP contribution in [0.15, 0.2) is 48.5 Å². The molecule has 0 saturated heterocycles. The molecule has 3 nitrogen and oxygen atoms in total. The van der Waals surface area contributed by atoms with Crippen LogP contribution in [0.25, 0.3) is 0 Å². The van der Waals surface area contributed by atoms with E-state index in [-0.39, 0.29) is 5.91 Å². The van der Waals surface area contributed by atoms with Crippen LogP contribution in [0.3, 0.4) is 0 Å². The van der Waals surface area contributed by atoms with Crippen molar-refractivity contribution in [3.05, 3.63) is 59.7 Å². The van der Waals surface area contributed by atoms with E-state index in [9.17, 15) is 4.79 Å². The number of hydrogen-bond acceptors (Lipinski definition) is 2. The van der Waals surface area contributed by atoms with Crippen LogP contribution in [0, 0.1) is 6.92 Å². The lowest BCUT2D eigenvalue weighted by atomic mass is 10.1. The number of anilines is 2. The molecule has 0 aliphatic carbocycles. The van der Waals surface area contributed by atoms with Crippen LogP contribution in [-0.2, 0) is 11.2 Å². The minimum atomic E-state index is 0.116. The Balaban J connectivity index is 1.94. The molecule has 104 valence electrons. The van der Waals surface area contributed by atoms with Gasteiger partial charge in [-0.25, -0.2) is 0 Å². The maximum Gasteiger partial charge on any atom is 0.227 e. The van der Waals surface area contributed by atoms with Crippen LogP contribution < -0.4 is 10.6 Å². The zero-order valence-electron chi connectivity index (χ0n) is 12.0. The smallest absolute Gasteiger partial charge is 0.227 e. The van der Waals surface area contributed by atoms with Crippen LogP contribution in [0.5, 0.6) is 0 Å². The summed E-state index contributed by atoms with van der Waals surface area (Å²) in [4.78, 5) is 13.9. The lowest BCUT2D eigenvalue weighted by molar-refractivity contribution is -0.118. The summed E-state index contributed by atoms with van der Waals surface area (Å²) in [5.41, 5.74) is 9.64. The first-order chi connectivity index (χ1) is 9.56. The Bertz CT molecular complexity index is 573. The van der Waals surface area contributed by atoms with E-state index in [0.717, 1.165) is 23.4 Å². The highest BCUT2D eigenvalue weighted by atomic mass is 16.2. The first kappa shape index (κ1) is 14.1. The summed E-state index contributed by atoms with van der Waals surface area (Å²) in [6.07, 6.45) is 1.23. The van der Waals surface area contributed by atoms with Crippen LogP contribution in [-0.4, -0.2) is 13.0 Å². The average Bonchev–Trinajstić information content (AvgIpc) is 2.46. The largest absolute Gasteiger partial charge is 0.399 e. The molecule has 0 saturated carbocycles. The number of carbonyl (C=O) groups is 1. The number of nitrogens with two attached hydrogens (primary N) is 1. The second kappa shape index (κ2) is 6.24. The number of amides is 1. The molecule has 0 aliphatic heterocycles. The molecule has 2 N–H and O–H groups in total. The summed E-state index contributed by atoms with van der Waals surface area (Å²) < 4.78 is 0. The molecule has 2 aromatic rings. The molecule has 0 radical (unpaired) electrons. The van der Waals surface area contributed by atoms with Gasteiger partial charge in [0.25, 0.3) is 0 Å². The molecular weight excluding hydrogens is 248 g/mol. The predicted octanol–water partition coefficient (Wildman–Crippen LogP) is 3.17. The lowest BCUT2D eigenvalue weighted by Crippen LogP contribution is -2.26. The molecule has 20 heavy (non-hydrogen) atoms. The van der Waals surface area contributed by atoms with E-state index < -0.39 is 0 Å². The van der Waals surface area contributed by atoms with Gasteiger partial charge in [-0.15, -0.1) is 0 Å². The van der Waals surface area contributed by atoms with Crippen molar-refractivity contribution >= 4 is 17.3 Å². The van der Waals surface area contributed by atoms with Crippen molar-refractivity contribution in [2.45, 2.75) is 19.8 Å². The number of nitrogen functional groups attached to an aromatic ring is 1. The summed E-state index contributed by atoms with van der Waals surface area (Å²) >= 11 is 0. The van der Waals surface area contributed by atoms with Crippen molar-refractivity contribution in [1.82, 2.24) is 0 Å². The minimum absolute atomic E-state index is 0.116. The zero-order chi connectivity index (χ0) is 14.5. The van der Waals surface area contributed by atoms with E-state index in [0.29, 0.717) is 6.42 Å². The van der Waals surface area contributed by atoms with Crippen molar-refractivity contribution in [2.24, 2.45) is 0 Å². The third-order valence-electron chi connectivity index (χ3n) is 3.40. The van der Waals surface area contributed by atoms with Crippen molar-refractivity contribution in [3.8, 4) is 0 Å². The second-order valence-electron chi connectivity index (χ2n) is 5.03. The topological polar surface area (TPSA) is 46.3 Å². The Kier molecular flexibility index (Phi) is 4.41. The minimum Gasteiger partial charge on any atom is -0.399 e. The highest BCUT2D eigenvalue weighted by molar-refractivity contribution is 5.92. The van der Waals surface area contributed by atoms with Gasteiger partial charge in [-0.2, -0.15) is 0 Å². The van der Waals surface area contributed by atoms with Crippen molar-refractivity contribution in [1.29, 1.82) is 0 Å². The van der Waals surface area contributed by atoms with E-state index in [2.05, 4.69) is 0 Å². The van der Waals surface area contributed by atoms with Crippen LogP contribution >= 0.6 is 0 Å². The Morgan fingerprint density at radius 3 is 2.25 bits per heavy atom. The van der Waals surface area contributed by atoms with Gasteiger partial charge in [-0.3, -0.25) is 4.79 Å². The van der Waals surface area contributed by atoms with Crippen LogP contribution in [0.2, 0.25) is 0 Å². The summed E-state index contributed by atoms with van der Waals surface area (Å²) in [7, 11) is 1.82. The van der Waals surface area contributed by atoms with Crippen molar-refractivity contribution in [3.63, 3.8) is 0 Å². The number of aryl methyl sites for hydroxylation is 2. The third kappa shape index (κ3) is 3.60. The molecule has 0 heterocycles. The summed E-state index contributed by atoms with van der Waals surface area (Å²) in [6, 6.07) is 15.6. The van der Waals surface area contributed by atoms with E-state index in [1.165, 1.54) is 5.56 Å². The fraction of sp³-hybridized carbons (Fsp3) is 0.235. The Morgan fingerprint density at radius 1 is 1.05 bits per heavy atom. The van der Waals surface area contributed by atoms with Crippen LogP contribution in [0.1, 0.15) is 17.5 Å². The van der Waals surface area contributed by atoms with Crippen LogP contribution in [0.4, 0.5) is 11.4 Å². The zero-order valence-corrected chi connectivity index (χ0v) is 12.0. The van der Waals surface area contributed by atoms with Crippen molar-refractivity contribution in [2.75, 3.05) is 17.7 Å². The van der Waals surface area contributed by atoms with E-state index in [4.69, 9.17) is 5.73 Å². The predicted molar refractivity (Wildman–Crippen MR) is 83.8 cm³/mol. The summed E-state index contributed by atoms with van der Waals surface area (Å²) in [5.74, 6) is 0.116. The van der Waals surface area contributed by atoms with Gasteiger partial charge in [0.05, 0.1) is 0 Å². The number of hydrogen-bond donors (Lipinski definition) is 1. The van der Waals surface area contributed by atoms with Gasteiger partial charge in [0.1, 0.15) is 0 Å².